The van der Waals surface area contributed by atoms with Crippen LogP contribution in [0.1, 0.15) is 12.5 Å². The Balaban J connectivity index is 3.25. The van der Waals surface area contributed by atoms with Gasteiger partial charge in [0.05, 0.1) is 15.6 Å². The van der Waals surface area contributed by atoms with Gasteiger partial charge in [0, 0.05) is 13.0 Å². The minimum absolute atomic E-state index is 0.104. The first-order chi connectivity index (χ1) is 8.66. The number of carbonyl (C=O) groups is 1. The molecule has 3 nitrogen and oxygen atoms in total. The van der Waals surface area contributed by atoms with Gasteiger partial charge in [-0.25, -0.2) is 18.0 Å². The van der Waals surface area contributed by atoms with Crippen molar-refractivity contribution in [3.05, 3.63) is 27.7 Å². The average molecular weight is 317 g/mol. The number of benzene rings is 1. The van der Waals surface area contributed by atoms with Gasteiger partial charge in [-0.05, 0) is 6.07 Å². The standard InChI is InChI=1S/C11H9Cl2F3O3/c1-11(15,16)5-2-6(12)7(13)3-8(5)19-9(4-14)10(17)18/h2-3,9H,4H2,1H3,(H,17,18). The van der Waals surface area contributed by atoms with E-state index in [-0.39, 0.29) is 10.0 Å². The largest absolute Gasteiger partial charge is 0.478 e. The van der Waals surface area contributed by atoms with E-state index in [1.807, 2.05) is 0 Å². The van der Waals surface area contributed by atoms with Crippen molar-refractivity contribution in [3.63, 3.8) is 0 Å². The van der Waals surface area contributed by atoms with Crippen LogP contribution in [0.2, 0.25) is 10.0 Å². The molecule has 0 aliphatic rings. The third kappa shape index (κ3) is 3.91. The summed E-state index contributed by atoms with van der Waals surface area (Å²) in [5, 5.41) is 8.40. The lowest BCUT2D eigenvalue weighted by molar-refractivity contribution is -0.145. The summed E-state index contributed by atoms with van der Waals surface area (Å²) in [6.45, 7) is -0.797. The minimum Gasteiger partial charge on any atom is -0.478 e. The second kappa shape index (κ2) is 5.88. The molecule has 8 heteroatoms. The maximum atomic E-state index is 13.4. The topological polar surface area (TPSA) is 46.5 Å². The Morgan fingerprint density at radius 1 is 1.42 bits per heavy atom. The Bertz CT molecular complexity index is 489. The number of carboxylic acid groups (broad SMARTS) is 1. The summed E-state index contributed by atoms with van der Waals surface area (Å²) in [6, 6.07) is 1.79. The zero-order valence-corrected chi connectivity index (χ0v) is 11.1. The highest BCUT2D eigenvalue weighted by Crippen LogP contribution is 2.39. The maximum absolute atomic E-state index is 13.4. The van der Waals surface area contributed by atoms with Crippen LogP contribution in [-0.4, -0.2) is 23.9 Å². The van der Waals surface area contributed by atoms with Crippen molar-refractivity contribution in [2.45, 2.75) is 19.0 Å². The van der Waals surface area contributed by atoms with Crippen molar-refractivity contribution >= 4 is 29.2 Å². The van der Waals surface area contributed by atoms with Crippen molar-refractivity contribution in [1.82, 2.24) is 0 Å². The second-order valence-corrected chi connectivity index (χ2v) is 4.56. The van der Waals surface area contributed by atoms with Crippen molar-refractivity contribution in [1.29, 1.82) is 0 Å². The average Bonchev–Trinajstić information content (AvgIpc) is 2.28. The molecule has 0 radical (unpaired) electrons. The SMILES string of the molecule is CC(F)(F)c1cc(Cl)c(Cl)cc1OC(CF)C(=O)O. The first kappa shape index (κ1) is 15.9. The molecule has 0 aromatic heterocycles. The normalized spacial score (nSPS) is 13.2. The molecule has 0 aliphatic heterocycles. The van der Waals surface area contributed by atoms with Gasteiger partial charge in [-0.1, -0.05) is 23.2 Å². The number of carboxylic acids is 1. The van der Waals surface area contributed by atoms with Gasteiger partial charge in [0.1, 0.15) is 12.4 Å². The predicted octanol–water partition coefficient (Wildman–Crippen LogP) is 3.91. The molecular weight excluding hydrogens is 308 g/mol. The fourth-order valence-electron chi connectivity index (χ4n) is 1.27. The summed E-state index contributed by atoms with van der Waals surface area (Å²) in [5.41, 5.74) is -0.665. The van der Waals surface area contributed by atoms with E-state index in [9.17, 15) is 18.0 Å². The summed E-state index contributed by atoms with van der Waals surface area (Å²) < 4.78 is 43.9. The maximum Gasteiger partial charge on any atom is 0.347 e. The molecule has 0 heterocycles. The molecule has 1 N–H and O–H groups in total. The Labute approximate surface area is 116 Å². The predicted molar refractivity (Wildman–Crippen MR) is 64.1 cm³/mol. The third-order valence-corrected chi connectivity index (χ3v) is 2.90. The number of halogens is 5. The van der Waals surface area contributed by atoms with Crippen LogP contribution in [-0.2, 0) is 10.7 Å². The van der Waals surface area contributed by atoms with Crippen LogP contribution < -0.4 is 4.74 Å². The van der Waals surface area contributed by atoms with Gasteiger partial charge in [0.2, 0.25) is 6.10 Å². The van der Waals surface area contributed by atoms with Gasteiger partial charge >= 0.3 is 5.97 Å². The lowest BCUT2D eigenvalue weighted by atomic mass is 10.1. The molecule has 106 valence electrons. The van der Waals surface area contributed by atoms with Gasteiger partial charge in [-0.3, -0.25) is 0 Å². The molecule has 1 unspecified atom stereocenters. The molecule has 1 atom stereocenters. The van der Waals surface area contributed by atoms with Gasteiger partial charge in [-0.2, -0.15) is 0 Å². The van der Waals surface area contributed by atoms with Crippen molar-refractivity contribution in [2.24, 2.45) is 0 Å². The molecule has 0 amide bonds. The smallest absolute Gasteiger partial charge is 0.347 e. The van der Waals surface area contributed by atoms with Gasteiger partial charge in [-0.15, -0.1) is 0 Å². The van der Waals surface area contributed by atoms with E-state index in [0.29, 0.717) is 6.92 Å². The van der Waals surface area contributed by atoms with Gasteiger partial charge < -0.3 is 9.84 Å². The van der Waals surface area contributed by atoms with Gasteiger partial charge in [0.25, 0.3) is 5.92 Å². The van der Waals surface area contributed by atoms with Crippen LogP contribution in [0.15, 0.2) is 12.1 Å². The van der Waals surface area contributed by atoms with Gasteiger partial charge in [0.15, 0.2) is 0 Å². The Kier molecular flexibility index (Phi) is 4.92. The lowest BCUT2D eigenvalue weighted by Crippen LogP contribution is -2.30. The highest BCUT2D eigenvalue weighted by molar-refractivity contribution is 6.42. The summed E-state index contributed by atoms with van der Waals surface area (Å²) in [4.78, 5) is 10.6. The lowest BCUT2D eigenvalue weighted by Gasteiger charge is -2.19. The first-order valence-electron chi connectivity index (χ1n) is 4.99. The molecule has 0 fully saturated rings. The Morgan fingerprint density at radius 3 is 2.37 bits per heavy atom. The zero-order valence-electron chi connectivity index (χ0n) is 9.59. The Hall–Kier alpha value is -1.14. The molecule has 0 spiro atoms. The van der Waals surface area contributed by atoms with E-state index in [0.717, 1.165) is 12.1 Å². The number of aliphatic carboxylic acids is 1. The second-order valence-electron chi connectivity index (χ2n) is 3.75. The minimum atomic E-state index is -3.34. The third-order valence-electron chi connectivity index (χ3n) is 2.18. The van der Waals surface area contributed by atoms with Crippen LogP contribution in [0.3, 0.4) is 0 Å². The van der Waals surface area contributed by atoms with E-state index in [4.69, 9.17) is 33.0 Å². The molecule has 19 heavy (non-hydrogen) atoms. The molecule has 0 aliphatic carbocycles. The summed E-state index contributed by atoms with van der Waals surface area (Å²) in [5.74, 6) is -5.48. The number of ether oxygens (including phenoxy) is 1. The fraction of sp³-hybridized carbons (Fsp3) is 0.364. The molecule has 1 aromatic rings. The van der Waals surface area contributed by atoms with Crippen LogP contribution >= 0.6 is 23.2 Å². The zero-order chi connectivity index (χ0) is 14.8. The fourth-order valence-corrected chi connectivity index (χ4v) is 1.59. The molecular formula is C11H9Cl2F3O3. The van der Waals surface area contributed by atoms with E-state index in [2.05, 4.69) is 0 Å². The van der Waals surface area contributed by atoms with E-state index < -0.39 is 36.0 Å². The summed E-state index contributed by atoms with van der Waals surface area (Å²) in [6.07, 6.45) is -1.89. The molecule has 0 saturated heterocycles. The molecule has 0 saturated carbocycles. The Morgan fingerprint density at radius 2 is 1.95 bits per heavy atom. The molecule has 1 aromatic carbocycles. The first-order valence-corrected chi connectivity index (χ1v) is 5.75. The molecule has 0 bridgehead atoms. The van der Waals surface area contributed by atoms with E-state index >= 15 is 0 Å². The summed E-state index contributed by atoms with van der Waals surface area (Å²) >= 11 is 11.3. The number of hydrogen-bond acceptors (Lipinski definition) is 2. The molecule has 1 rings (SSSR count). The van der Waals surface area contributed by atoms with E-state index in [1.54, 1.807) is 0 Å². The highest BCUT2D eigenvalue weighted by Gasteiger charge is 2.32. The van der Waals surface area contributed by atoms with Crippen molar-refractivity contribution in [3.8, 4) is 5.75 Å². The number of rotatable bonds is 5. The van der Waals surface area contributed by atoms with Crippen LogP contribution in [0.4, 0.5) is 13.2 Å². The van der Waals surface area contributed by atoms with Crippen molar-refractivity contribution in [2.75, 3.05) is 6.67 Å². The van der Waals surface area contributed by atoms with Crippen LogP contribution in [0.25, 0.3) is 0 Å². The van der Waals surface area contributed by atoms with Crippen molar-refractivity contribution < 1.29 is 27.8 Å². The van der Waals surface area contributed by atoms with Crippen LogP contribution in [0, 0.1) is 0 Å². The van der Waals surface area contributed by atoms with E-state index in [1.165, 1.54) is 0 Å². The highest BCUT2D eigenvalue weighted by atomic mass is 35.5. The summed E-state index contributed by atoms with van der Waals surface area (Å²) in [7, 11) is 0. The monoisotopic (exact) mass is 316 g/mol. The number of alkyl halides is 3. The number of hydrogen-bond donors (Lipinski definition) is 1. The van der Waals surface area contributed by atoms with Crippen LogP contribution in [0.5, 0.6) is 5.75 Å². The quantitative estimate of drug-likeness (QED) is 0.896.